The van der Waals surface area contributed by atoms with E-state index in [9.17, 15) is 0 Å². The van der Waals surface area contributed by atoms with Crippen molar-refractivity contribution in [2.75, 3.05) is 12.4 Å². The van der Waals surface area contributed by atoms with E-state index in [2.05, 4.69) is 34.3 Å². The molecule has 0 spiro atoms. The molecule has 0 radical (unpaired) electrons. The Bertz CT molecular complexity index is 1110. The van der Waals surface area contributed by atoms with Crippen molar-refractivity contribution in [2.45, 2.75) is 20.4 Å². The van der Waals surface area contributed by atoms with Gasteiger partial charge in [-0.05, 0) is 37.1 Å². The molecule has 6 nitrogen and oxygen atoms in total. The lowest BCUT2D eigenvalue weighted by Gasteiger charge is -2.10. The van der Waals surface area contributed by atoms with Crippen LogP contribution in [-0.2, 0) is 6.54 Å². The second-order valence-corrected chi connectivity index (χ2v) is 7.67. The number of hydrogen-bond acceptors (Lipinski definition) is 7. The molecule has 0 aliphatic rings. The molecular formula is C19H17ClN4O2S. The predicted octanol–water partition coefficient (Wildman–Crippen LogP) is 5.24. The number of benzene rings is 1. The molecule has 4 aromatic rings. The molecule has 0 aliphatic heterocycles. The first-order valence-electron chi connectivity index (χ1n) is 8.32. The third-order valence-corrected chi connectivity index (χ3v) is 5.76. The number of rotatable bonds is 5. The van der Waals surface area contributed by atoms with Crippen molar-refractivity contribution in [2.24, 2.45) is 0 Å². The summed E-state index contributed by atoms with van der Waals surface area (Å²) in [4.78, 5) is 11.5. The lowest BCUT2D eigenvalue weighted by Crippen LogP contribution is -2.04. The van der Waals surface area contributed by atoms with Crippen molar-refractivity contribution in [3.8, 4) is 17.3 Å². The van der Waals surface area contributed by atoms with Crippen LogP contribution in [0.1, 0.15) is 16.0 Å². The van der Waals surface area contributed by atoms with Gasteiger partial charge in [0.05, 0.1) is 23.7 Å². The zero-order valence-corrected chi connectivity index (χ0v) is 16.6. The van der Waals surface area contributed by atoms with E-state index in [-0.39, 0.29) is 0 Å². The lowest BCUT2D eigenvalue weighted by molar-refractivity contribution is 0.415. The smallest absolute Gasteiger partial charge is 0.204 e. The van der Waals surface area contributed by atoms with Gasteiger partial charge in [0.15, 0.2) is 0 Å². The van der Waals surface area contributed by atoms with Gasteiger partial charge in [0.2, 0.25) is 11.6 Å². The Morgan fingerprint density at radius 1 is 1.22 bits per heavy atom. The Balaban J connectivity index is 1.72. The van der Waals surface area contributed by atoms with Crippen LogP contribution >= 0.6 is 22.9 Å². The molecule has 0 bridgehead atoms. The van der Waals surface area contributed by atoms with E-state index in [0.29, 0.717) is 28.9 Å². The summed E-state index contributed by atoms with van der Waals surface area (Å²) in [5.41, 5.74) is 2.20. The summed E-state index contributed by atoms with van der Waals surface area (Å²) < 4.78 is 10.4. The molecule has 138 valence electrons. The van der Waals surface area contributed by atoms with Gasteiger partial charge in [0.1, 0.15) is 16.4 Å². The van der Waals surface area contributed by atoms with Crippen LogP contribution in [0.3, 0.4) is 0 Å². The second kappa shape index (κ2) is 7.17. The Morgan fingerprint density at radius 2 is 2.07 bits per heavy atom. The zero-order chi connectivity index (χ0) is 19.0. The van der Waals surface area contributed by atoms with Crippen LogP contribution in [0.25, 0.3) is 21.8 Å². The first-order valence-corrected chi connectivity index (χ1v) is 9.51. The zero-order valence-electron chi connectivity index (χ0n) is 15.0. The Hall–Kier alpha value is -2.64. The van der Waals surface area contributed by atoms with Gasteiger partial charge in [-0.1, -0.05) is 22.8 Å². The van der Waals surface area contributed by atoms with Gasteiger partial charge in [-0.3, -0.25) is 0 Å². The maximum absolute atomic E-state index is 6.23. The Kier molecular flexibility index (Phi) is 4.72. The summed E-state index contributed by atoms with van der Waals surface area (Å²) in [6.45, 7) is 4.74. The van der Waals surface area contributed by atoms with Crippen LogP contribution in [0.4, 0.5) is 5.82 Å². The summed E-state index contributed by atoms with van der Waals surface area (Å²) in [7, 11) is 1.60. The lowest BCUT2D eigenvalue weighted by atomic mass is 10.2. The number of aryl methyl sites for hydroxylation is 2. The van der Waals surface area contributed by atoms with Crippen molar-refractivity contribution in [1.29, 1.82) is 0 Å². The monoisotopic (exact) mass is 400 g/mol. The molecule has 3 aromatic heterocycles. The first-order chi connectivity index (χ1) is 13.1. The fourth-order valence-electron chi connectivity index (χ4n) is 2.82. The number of ether oxygens (including phenoxy) is 1. The quantitative estimate of drug-likeness (QED) is 0.494. The number of halogens is 1. The number of fused-ring (bicyclic) bond motifs is 1. The molecular weight excluding hydrogens is 384 g/mol. The first kappa shape index (κ1) is 17.8. The van der Waals surface area contributed by atoms with E-state index in [1.165, 1.54) is 10.4 Å². The SMILES string of the molecule is COc1ccc(CNc2nc(-c3ccno3)nc3sc(C)c(C)c23)cc1Cl. The van der Waals surface area contributed by atoms with Gasteiger partial charge < -0.3 is 14.6 Å². The molecule has 0 amide bonds. The molecule has 0 atom stereocenters. The minimum absolute atomic E-state index is 0.511. The van der Waals surface area contributed by atoms with Crippen LogP contribution in [0.5, 0.6) is 5.75 Å². The number of anilines is 1. The van der Waals surface area contributed by atoms with Crippen LogP contribution in [0.15, 0.2) is 35.0 Å². The Labute approximate surface area is 165 Å². The summed E-state index contributed by atoms with van der Waals surface area (Å²) in [5, 5.41) is 8.78. The van der Waals surface area contributed by atoms with E-state index in [4.69, 9.17) is 20.9 Å². The Morgan fingerprint density at radius 3 is 2.78 bits per heavy atom. The third kappa shape index (κ3) is 3.36. The average molecular weight is 401 g/mol. The van der Waals surface area contributed by atoms with Gasteiger partial charge in [-0.15, -0.1) is 11.3 Å². The minimum Gasteiger partial charge on any atom is -0.495 e. The average Bonchev–Trinajstić information content (AvgIpc) is 3.29. The molecule has 0 fully saturated rings. The van der Waals surface area contributed by atoms with Crippen LogP contribution in [-0.4, -0.2) is 22.2 Å². The highest BCUT2D eigenvalue weighted by molar-refractivity contribution is 7.18. The van der Waals surface area contributed by atoms with Gasteiger partial charge in [-0.25, -0.2) is 9.97 Å². The van der Waals surface area contributed by atoms with E-state index in [1.54, 1.807) is 30.7 Å². The largest absolute Gasteiger partial charge is 0.495 e. The van der Waals surface area contributed by atoms with Crippen molar-refractivity contribution in [1.82, 2.24) is 15.1 Å². The van der Waals surface area contributed by atoms with Crippen molar-refractivity contribution in [3.63, 3.8) is 0 Å². The molecule has 0 saturated carbocycles. The van der Waals surface area contributed by atoms with E-state index in [0.717, 1.165) is 21.6 Å². The van der Waals surface area contributed by atoms with Crippen LogP contribution in [0, 0.1) is 13.8 Å². The number of hydrogen-bond donors (Lipinski definition) is 1. The summed E-state index contributed by atoms with van der Waals surface area (Å²) in [6, 6.07) is 7.46. The highest BCUT2D eigenvalue weighted by Gasteiger charge is 2.17. The predicted molar refractivity (Wildman–Crippen MR) is 108 cm³/mol. The van der Waals surface area contributed by atoms with E-state index in [1.807, 2.05) is 18.2 Å². The van der Waals surface area contributed by atoms with Crippen LogP contribution in [0.2, 0.25) is 5.02 Å². The molecule has 4 rings (SSSR count). The molecule has 3 heterocycles. The fourth-order valence-corrected chi connectivity index (χ4v) is 4.13. The number of nitrogens with one attached hydrogen (secondary N) is 1. The molecule has 8 heteroatoms. The van der Waals surface area contributed by atoms with Gasteiger partial charge in [-0.2, -0.15) is 0 Å². The molecule has 0 aliphatic carbocycles. The molecule has 27 heavy (non-hydrogen) atoms. The number of nitrogens with zero attached hydrogens (tertiary/aromatic N) is 3. The summed E-state index contributed by atoms with van der Waals surface area (Å²) in [5.74, 6) is 2.47. The van der Waals surface area contributed by atoms with Gasteiger partial charge >= 0.3 is 0 Å². The van der Waals surface area contributed by atoms with Gasteiger partial charge in [0.25, 0.3) is 0 Å². The van der Waals surface area contributed by atoms with Crippen molar-refractivity contribution >= 4 is 39.0 Å². The van der Waals surface area contributed by atoms with Crippen molar-refractivity contribution < 1.29 is 9.26 Å². The van der Waals surface area contributed by atoms with Gasteiger partial charge in [0, 0.05) is 17.5 Å². The molecule has 1 aromatic carbocycles. The molecule has 1 N–H and O–H groups in total. The summed E-state index contributed by atoms with van der Waals surface area (Å²) in [6.07, 6.45) is 1.58. The number of thiophene rings is 1. The topological polar surface area (TPSA) is 73.1 Å². The fraction of sp³-hybridized carbons (Fsp3) is 0.211. The third-order valence-electron chi connectivity index (χ3n) is 4.36. The number of methoxy groups -OCH3 is 1. The van der Waals surface area contributed by atoms with Crippen LogP contribution < -0.4 is 10.1 Å². The van der Waals surface area contributed by atoms with E-state index >= 15 is 0 Å². The maximum Gasteiger partial charge on any atom is 0.204 e. The highest BCUT2D eigenvalue weighted by Crippen LogP contribution is 2.35. The maximum atomic E-state index is 6.23. The molecule has 0 unspecified atom stereocenters. The molecule has 0 saturated heterocycles. The van der Waals surface area contributed by atoms with Crippen molar-refractivity contribution in [3.05, 3.63) is 51.5 Å². The standard InChI is InChI=1S/C19H17ClN4O2S/c1-10-11(2)27-19-16(10)18(23-17(24-19)15-6-7-22-26-15)21-9-12-4-5-14(25-3)13(20)8-12/h4-8H,9H2,1-3H3,(H,21,23,24). The summed E-state index contributed by atoms with van der Waals surface area (Å²) >= 11 is 7.87. The number of aromatic nitrogens is 3. The minimum atomic E-state index is 0.511. The van der Waals surface area contributed by atoms with E-state index < -0.39 is 0 Å². The highest BCUT2D eigenvalue weighted by atomic mass is 35.5. The normalized spacial score (nSPS) is 11.1. The second-order valence-electron chi connectivity index (χ2n) is 6.06.